The maximum atomic E-state index is 12.6. The second-order valence-corrected chi connectivity index (χ2v) is 5.87. The number of ether oxygens (including phenoxy) is 2. The average molecular weight is 360 g/mol. The van der Waals surface area contributed by atoms with Crippen molar-refractivity contribution in [2.24, 2.45) is 7.05 Å². The number of aromatic nitrogens is 2. The number of carboxylic acids is 1. The van der Waals surface area contributed by atoms with Crippen LogP contribution in [0.1, 0.15) is 21.7 Å². The van der Waals surface area contributed by atoms with E-state index in [0.29, 0.717) is 35.7 Å². The molecule has 9 heteroatoms. The number of amides is 2. The zero-order chi connectivity index (χ0) is 18.8. The lowest BCUT2D eigenvalue weighted by molar-refractivity contribution is 0.0687. The molecule has 2 aromatic rings. The monoisotopic (exact) mass is 360 g/mol. The highest BCUT2D eigenvalue weighted by Gasteiger charge is 2.29. The van der Waals surface area contributed by atoms with Crippen molar-refractivity contribution in [3.05, 3.63) is 35.2 Å². The quantitative estimate of drug-likeness (QED) is 0.860. The Balaban J connectivity index is 1.77. The zero-order valence-electron chi connectivity index (χ0n) is 14.8. The minimum absolute atomic E-state index is 0.00823. The molecule has 0 bridgehead atoms. The molecule has 0 saturated heterocycles. The third-order valence-corrected chi connectivity index (χ3v) is 4.37. The van der Waals surface area contributed by atoms with Crippen molar-refractivity contribution in [1.82, 2.24) is 14.7 Å². The summed E-state index contributed by atoms with van der Waals surface area (Å²) in [7, 11) is 4.77. The fourth-order valence-electron chi connectivity index (χ4n) is 3.05. The van der Waals surface area contributed by atoms with Gasteiger partial charge in [0.25, 0.3) is 0 Å². The van der Waals surface area contributed by atoms with Gasteiger partial charge in [0.15, 0.2) is 17.2 Å². The van der Waals surface area contributed by atoms with Gasteiger partial charge in [0.1, 0.15) is 0 Å². The third-order valence-electron chi connectivity index (χ3n) is 4.37. The van der Waals surface area contributed by atoms with Crippen LogP contribution in [-0.4, -0.2) is 52.6 Å². The summed E-state index contributed by atoms with van der Waals surface area (Å²) in [5.41, 5.74) is 1.97. The largest absolute Gasteiger partial charge is 0.493 e. The number of benzene rings is 1. The summed E-state index contributed by atoms with van der Waals surface area (Å²) >= 11 is 0. The Labute approximate surface area is 150 Å². The smallest absolute Gasteiger partial charge is 0.356 e. The highest BCUT2D eigenvalue weighted by Crippen LogP contribution is 2.30. The highest BCUT2D eigenvalue weighted by atomic mass is 16.5. The van der Waals surface area contributed by atoms with Crippen LogP contribution in [0.25, 0.3) is 0 Å². The van der Waals surface area contributed by atoms with E-state index >= 15 is 0 Å². The van der Waals surface area contributed by atoms with Crippen molar-refractivity contribution in [2.45, 2.75) is 13.0 Å². The molecule has 0 saturated carbocycles. The number of carboxylic acid groups (broad SMARTS) is 1. The van der Waals surface area contributed by atoms with Crippen molar-refractivity contribution in [2.75, 3.05) is 26.1 Å². The molecule has 2 N–H and O–H groups in total. The molecule has 2 heterocycles. The van der Waals surface area contributed by atoms with E-state index in [1.807, 2.05) is 0 Å². The van der Waals surface area contributed by atoms with Gasteiger partial charge in [-0.25, -0.2) is 9.59 Å². The van der Waals surface area contributed by atoms with Gasteiger partial charge in [-0.15, -0.1) is 0 Å². The summed E-state index contributed by atoms with van der Waals surface area (Å²) in [6.45, 7) is 0.675. The number of nitrogens with zero attached hydrogens (tertiary/aromatic N) is 3. The van der Waals surface area contributed by atoms with E-state index in [4.69, 9.17) is 9.47 Å². The van der Waals surface area contributed by atoms with Crippen LogP contribution in [-0.2, 0) is 20.0 Å². The number of nitrogens with one attached hydrogen (secondary N) is 1. The summed E-state index contributed by atoms with van der Waals surface area (Å²) in [6.07, 6.45) is 0.547. The van der Waals surface area contributed by atoms with Crippen molar-refractivity contribution < 1.29 is 24.2 Å². The SMILES string of the molecule is COc1ccc(NC(=O)N2CCc3c(c(C(=O)O)nn3C)C2)cc1OC. The fraction of sp³-hybridized carbons (Fsp3) is 0.353. The standard InChI is InChI=1S/C17H20N4O5/c1-20-12-6-7-21(9-11(12)15(19-20)16(22)23)17(24)18-10-4-5-13(25-2)14(8-10)26-3/h4-5,8H,6-7,9H2,1-3H3,(H,18,24)(H,22,23). The van der Waals surface area contributed by atoms with Crippen LogP contribution in [0.15, 0.2) is 18.2 Å². The van der Waals surface area contributed by atoms with E-state index in [9.17, 15) is 14.7 Å². The minimum Gasteiger partial charge on any atom is -0.493 e. The van der Waals surface area contributed by atoms with Gasteiger partial charge in [-0.1, -0.05) is 0 Å². The van der Waals surface area contributed by atoms with Crippen LogP contribution in [0.3, 0.4) is 0 Å². The lowest BCUT2D eigenvalue weighted by Gasteiger charge is -2.27. The van der Waals surface area contributed by atoms with E-state index in [0.717, 1.165) is 5.69 Å². The van der Waals surface area contributed by atoms with Gasteiger partial charge >= 0.3 is 12.0 Å². The number of carbonyl (C=O) groups excluding carboxylic acids is 1. The molecule has 138 valence electrons. The Morgan fingerprint density at radius 2 is 1.96 bits per heavy atom. The molecule has 1 aromatic heterocycles. The number of aryl methyl sites for hydroxylation is 1. The van der Waals surface area contributed by atoms with Crippen LogP contribution in [0.5, 0.6) is 11.5 Å². The van der Waals surface area contributed by atoms with Gasteiger partial charge in [0.2, 0.25) is 0 Å². The van der Waals surface area contributed by atoms with E-state index < -0.39 is 5.97 Å². The number of aromatic carboxylic acids is 1. The number of urea groups is 1. The molecule has 0 aliphatic carbocycles. The predicted octanol–water partition coefficient (Wildman–Crippen LogP) is 1.73. The molecule has 9 nitrogen and oxygen atoms in total. The topological polar surface area (TPSA) is 106 Å². The fourth-order valence-corrected chi connectivity index (χ4v) is 3.05. The van der Waals surface area contributed by atoms with E-state index in [2.05, 4.69) is 10.4 Å². The Morgan fingerprint density at radius 1 is 1.23 bits per heavy atom. The molecule has 0 unspecified atom stereocenters. The summed E-state index contributed by atoms with van der Waals surface area (Å²) in [5, 5.41) is 16.1. The van der Waals surface area contributed by atoms with Crippen molar-refractivity contribution in [3.63, 3.8) is 0 Å². The van der Waals surface area contributed by atoms with Gasteiger partial charge in [0.05, 0.1) is 20.8 Å². The molecular weight excluding hydrogens is 340 g/mol. The highest BCUT2D eigenvalue weighted by molar-refractivity contribution is 5.91. The zero-order valence-corrected chi connectivity index (χ0v) is 14.8. The molecule has 2 amide bonds. The molecule has 0 radical (unpaired) electrons. The predicted molar refractivity (Wildman–Crippen MR) is 92.8 cm³/mol. The van der Waals surface area contributed by atoms with Gasteiger partial charge in [0, 0.05) is 43.0 Å². The van der Waals surface area contributed by atoms with Gasteiger partial charge in [-0.2, -0.15) is 5.10 Å². The van der Waals surface area contributed by atoms with Crippen LogP contribution < -0.4 is 14.8 Å². The number of carbonyl (C=O) groups is 2. The molecule has 1 aliphatic heterocycles. The number of anilines is 1. The third kappa shape index (κ3) is 3.15. The van der Waals surface area contributed by atoms with Gasteiger partial charge in [-0.05, 0) is 12.1 Å². The van der Waals surface area contributed by atoms with Crippen LogP contribution in [0.4, 0.5) is 10.5 Å². The van der Waals surface area contributed by atoms with Gasteiger partial charge < -0.3 is 24.8 Å². The summed E-state index contributed by atoms with van der Waals surface area (Å²) in [4.78, 5) is 25.5. The maximum absolute atomic E-state index is 12.6. The minimum atomic E-state index is -1.09. The number of fused-ring (bicyclic) bond motifs is 1. The molecule has 0 spiro atoms. The Hall–Kier alpha value is -3.23. The Morgan fingerprint density at radius 3 is 2.62 bits per heavy atom. The Bertz CT molecular complexity index is 861. The first-order chi connectivity index (χ1) is 12.4. The molecular formula is C17H20N4O5. The summed E-state index contributed by atoms with van der Waals surface area (Å²) in [5.74, 6) is -0.0229. The molecule has 1 aromatic carbocycles. The molecule has 0 fully saturated rings. The normalized spacial score (nSPS) is 13.1. The Kier molecular flexibility index (Phi) is 4.70. The first-order valence-corrected chi connectivity index (χ1v) is 8.00. The van der Waals surface area contributed by atoms with E-state index in [-0.39, 0.29) is 18.3 Å². The number of methoxy groups -OCH3 is 2. The second kappa shape index (κ2) is 6.95. The van der Waals surface area contributed by atoms with E-state index in [1.54, 1.807) is 34.8 Å². The molecule has 3 rings (SSSR count). The second-order valence-electron chi connectivity index (χ2n) is 5.87. The van der Waals surface area contributed by atoms with Crippen molar-refractivity contribution >= 4 is 17.7 Å². The number of hydrogen-bond donors (Lipinski definition) is 2. The first kappa shape index (κ1) is 17.6. The molecule has 0 atom stereocenters. The van der Waals surface area contributed by atoms with Crippen LogP contribution >= 0.6 is 0 Å². The summed E-state index contributed by atoms with van der Waals surface area (Å²) < 4.78 is 12.0. The van der Waals surface area contributed by atoms with E-state index in [1.165, 1.54) is 14.2 Å². The lowest BCUT2D eigenvalue weighted by Crippen LogP contribution is -2.39. The van der Waals surface area contributed by atoms with Crippen LogP contribution in [0, 0.1) is 0 Å². The molecule has 26 heavy (non-hydrogen) atoms. The first-order valence-electron chi connectivity index (χ1n) is 8.00. The van der Waals surface area contributed by atoms with Crippen molar-refractivity contribution in [3.8, 4) is 11.5 Å². The molecule has 1 aliphatic rings. The summed E-state index contributed by atoms with van der Waals surface area (Å²) in [6, 6.07) is 4.76. The van der Waals surface area contributed by atoms with Crippen molar-refractivity contribution in [1.29, 1.82) is 0 Å². The average Bonchev–Trinajstić information content (AvgIpc) is 2.98. The number of hydrogen-bond acceptors (Lipinski definition) is 5. The number of rotatable bonds is 4. The maximum Gasteiger partial charge on any atom is 0.356 e. The van der Waals surface area contributed by atoms with Gasteiger partial charge in [-0.3, -0.25) is 4.68 Å². The lowest BCUT2D eigenvalue weighted by atomic mass is 10.1. The van der Waals surface area contributed by atoms with Crippen LogP contribution in [0.2, 0.25) is 0 Å².